The van der Waals surface area contributed by atoms with Gasteiger partial charge in [-0.3, -0.25) is 4.79 Å². The van der Waals surface area contributed by atoms with Crippen molar-refractivity contribution in [2.45, 2.75) is 109 Å². The number of hydrogen-bond donors (Lipinski definition) is 0. The van der Waals surface area contributed by atoms with Gasteiger partial charge in [0.05, 0.1) is 11.2 Å². The first kappa shape index (κ1) is 19.0. The second kappa shape index (κ2) is 6.88. The topological polar surface area (TPSA) is 35.5 Å². The molecule has 1 aliphatic heterocycles. The molecule has 0 spiro atoms. The van der Waals surface area contributed by atoms with Gasteiger partial charge in [-0.05, 0) is 47.0 Å². The summed E-state index contributed by atoms with van der Waals surface area (Å²) in [6.45, 7) is 12.7. The highest BCUT2D eigenvalue weighted by Crippen LogP contribution is 2.49. The molecule has 2 rings (SSSR count). The van der Waals surface area contributed by atoms with Crippen LogP contribution in [0.4, 0.5) is 0 Å². The standard InChI is InChI=1S/C19H35BO3/c1-7-13-19(6,14-16(21)15-11-9-8-10-12-15)20-22-17(2,3)18(4,5)23-20/h15H,7-14H2,1-6H3/t19-/m0/s1. The van der Waals surface area contributed by atoms with Crippen LogP contribution in [0, 0.1) is 5.92 Å². The van der Waals surface area contributed by atoms with Gasteiger partial charge in [0, 0.05) is 17.7 Å². The first-order valence-electron chi connectivity index (χ1n) is 9.50. The molecule has 23 heavy (non-hydrogen) atoms. The molecule has 1 atom stereocenters. The van der Waals surface area contributed by atoms with E-state index in [2.05, 4.69) is 41.5 Å². The summed E-state index contributed by atoms with van der Waals surface area (Å²) in [5.41, 5.74) is -0.666. The average Bonchev–Trinajstić information content (AvgIpc) is 2.69. The van der Waals surface area contributed by atoms with Gasteiger partial charge in [-0.25, -0.2) is 0 Å². The summed E-state index contributed by atoms with van der Waals surface area (Å²) in [5, 5.41) is -0.228. The number of hydrogen-bond acceptors (Lipinski definition) is 3. The predicted molar refractivity (Wildman–Crippen MR) is 95.6 cm³/mol. The maximum absolute atomic E-state index is 12.9. The summed E-state index contributed by atoms with van der Waals surface area (Å²) in [6, 6.07) is 0. The Labute approximate surface area is 143 Å². The maximum Gasteiger partial charge on any atom is 0.464 e. The lowest BCUT2D eigenvalue weighted by molar-refractivity contribution is -0.124. The van der Waals surface area contributed by atoms with Crippen molar-refractivity contribution >= 4 is 12.9 Å². The Morgan fingerprint density at radius 1 is 1.09 bits per heavy atom. The Kier molecular flexibility index (Phi) is 5.68. The predicted octanol–water partition coefficient (Wildman–Crippen LogP) is 5.18. The van der Waals surface area contributed by atoms with E-state index in [1.54, 1.807) is 0 Å². The van der Waals surface area contributed by atoms with Gasteiger partial charge in [0.15, 0.2) is 0 Å². The van der Waals surface area contributed by atoms with Gasteiger partial charge in [-0.15, -0.1) is 0 Å². The molecule has 2 fully saturated rings. The second-order valence-corrected chi connectivity index (χ2v) is 8.97. The summed E-state index contributed by atoms with van der Waals surface area (Å²) in [6.07, 6.45) is 8.43. The average molecular weight is 322 g/mol. The summed E-state index contributed by atoms with van der Waals surface area (Å²) >= 11 is 0. The van der Waals surface area contributed by atoms with Crippen LogP contribution in [0.25, 0.3) is 0 Å². The summed E-state index contributed by atoms with van der Waals surface area (Å²) in [7, 11) is -0.292. The maximum atomic E-state index is 12.9. The fourth-order valence-corrected chi connectivity index (χ4v) is 3.96. The van der Waals surface area contributed by atoms with E-state index in [4.69, 9.17) is 9.31 Å². The first-order valence-corrected chi connectivity index (χ1v) is 9.50. The van der Waals surface area contributed by atoms with E-state index in [9.17, 15) is 4.79 Å². The van der Waals surface area contributed by atoms with Crippen LogP contribution in [-0.2, 0) is 14.1 Å². The number of Topliss-reactive ketones (excluding diaryl/α,β-unsaturated/α-hetero) is 1. The second-order valence-electron chi connectivity index (χ2n) is 8.97. The van der Waals surface area contributed by atoms with E-state index in [-0.39, 0.29) is 29.6 Å². The first-order chi connectivity index (χ1) is 10.6. The van der Waals surface area contributed by atoms with Crippen LogP contribution in [0.2, 0.25) is 5.31 Å². The molecule has 0 amide bonds. The lowest BCUT2D eigenvalue weighted by Crippen LogP contribution is -2.41. The highest BCUT2D eigenvalue weighted by atomic mass is 16.7. The van der Waals surface area contributed by atoms with Crippen molar-refractivity contribution in [3.8, 4) is 0 Å². The van der Waals surface area contributed by atoms with Crippen LogP contribution in [0.3, 0.4) is 0 Å². The summed E-state index contributed by atoms with van der Waals surface area (Å²) < 4.78 is 12.6. The zero-order valence-electron chi connectivity index (χ0n) is 16.0. The van der Waals surface area contributed by atoms with E-state index in [0.717, 1.165) is 25.7 Å². The third-order valence-corrected chi connectivity index (χ3v) is 6.28. The van der Waals surface area contributed by atoms with Crippen LogP contribution in [0.15, 0.2) is 0 Å². The van der Waals surface area contributed by atoms with Crippen molar-refractivity contribution in [1.82, 2.24) is 0 Å². The van der Waals surface area contributed by atoms with Gasteiger partial charge in [0.2, 0.25) is 0 Å². The third-order valence-electron chi connectivity index (χ3n) is 6.28. The van der Waals surface area contributed by atoms with Crippen molar-refractivity contribution in [3.63, 3.8) is 0 Å². The minimum atomic E-state index is -0.333. The Morgan fingerprint density at radius 2 is 1.61 bits per heavy atom. The highest BCUT2D eigenvalue weighted by molar-refractivity contribution is 6.50. The van der Waals surface area contributed by atoms with E-state index in [0.29, 0.717) is 12.2 Å². The van der Waals surface area contributed by atoms with Crippen LogP contribution < -0.4 is 0 Å². The van der Waals surface area contributed by atoms with Gasteiger partial charge in [-0.2, -0.15) is 0 Å². The molecule has 3 nitrogen and oxygen atoms in total. The van der Waals surface area contributed by atoms with E-state index < -0.39 is 0 Å². The van der Waals surface area contributed by atoms with E-state index >= 15 is 0 Å². The zero-order chi connectivity index (χ0) is 17.3. The van der Waals surface area contributed by atoms with Gasteiger partial charge in [-0.1, -0.05) is 39.5 Å². The van der Waals surface area contributed by atoms with Crippen LogP contribution >= 0.6 is 0 Å². The molecule has 0 aromatic heterocycles. The van der Waals surface area contributed by atoms with Crippen LogP contribution in [0.1, 0.15) is 92.9 Å². The molecule has 0 N–H and O–H groups in total. The summed E-state index contributed by atoms with van der Waals surface area (Å²) in [4.78, 5) is 12.9. The molecule has 2 aliphatic rings. The molecule has 1 saturated carbocycles. The number of carbonyl (C=O) groups excluding carboxylic acids is 1. The van der Waals surface area contributed by atoms with Crippen molar-refractivity contribution in [2.24, 2.45) is 5.92 Å². The molecule has 1 heterocycles. The Balaban J connectivity index is 2.11. The molecule has 0 aromatic rings. The van der Waals surface area contributed by atoms with E-state index in [1.165, 1.54) is 19.3 Å². The molecule has 4 heteroatoms. The van der Waals surface area contributed by atoms with E-state index in [1.807, 2.05) is 0 Å². The van der Waals surface area contributed by atoms with Gasteiger partial charge >= 0.3 is 7.12 Å². The van der Waals surface area contributed by atoms with Crippen molar-refractivity contribution in [1.29, 1.82) is 0 Å². The van der Waals surface area contributed by atoms with Gasteiger partial charge < -0.3 is 9.31 Å². The fraction of sp³-hybridized carbons (Fsp3) is 0.947. The zero-order valence-corrected chi connectivity index (χ0v) is 16.0. The molecule has 0 unspecified atom stereocenters. The Morgan fingerprint density at radius 3 is 2.09 bits per heavy atom. The van der Waals surface area contributed by atoms with Crippen molar-refractivity contribution in [2.75, 3.05) is 0 Å². The molecule has 1 saturated heterocycles. The quantitative estimate of drug-likeness (QED) is 0.632. The smallest absolute Gasteiger partial charge is 0.403 e. The minimum absolute atomic E-state index is 0.228. The molecule has 0 radical (unpaired) electrons. The minimum Gasteiger partial charge on any atom is -0.403 e. The number of rotatable bonds is 6. The molecular formula is C19H35BO3. The van der Waals surface area contributed by atoms with Crippen LogP contribution in [0.5, 0.6) is 0 Å². The molecule has 132 valence electrons. The highest BCUT2D eigenvalue weighted by Gasteiger charge is 2.58. The molecule has 0 bridgehead atoms. The summed E-state index contributed by atoms with van der Waals surface area (Å²) in [5.74, 6) is 0.692. The SMILES string of the molecule is CCC[C@@](C)(CC(=O)C1CCCCC1)B1OC(C)(C)C(C)(C)O1. The third kappa shape index (κ3) is 4.01. The number of carbonyl (C=O) groups is 1. The number of ketones is 1. The Bertz CT molecular complexity index is 410. The molecule has 1 aliphatic carbocycles. The lowest BCUT2D eigenvalue weighted by Gasteiger charge is -2.33. The monoisotopic (exact) mass is 322 g/mol. The van der Waals surface area contributed by atoms with Gasteiger partial charge in [0.25, 0.3) is 0 Å². The lowest BCUT2D eigenvalue weighted by atomic mass is 9.53. The van der Waals surface area contributed by atoms with Gasteiger partial charge in [0.1, 0.15) is 5.78 Å². The fourth-order valence-electron chi connectivity index (χ4n) is 3.96. The Hall–Kier alpha value is -0.345. The largest absolute Gasteiger partial charge is 0.464 e. The van der Waals surface area contributed by atoms with Crippen molar-refractivity contribution in [3.05, 3.63) is 0 Å². The molecule has 0 aromatic carbocycles. The normalized spacial score (nSPS) is 27.0. The van der Waals surface area contributed by atoms with Crippen molar-refractivity contribution < 1.29 is 14.1 Å². The molecular weight excluding hydrogens is 287 g/mol. The van der Waals surface area contributed by atoms with Crippen LogP contribution in [-0.4, -0.2) is 24.1 Å².